The largest absolute Gasteiger partial charge is 0.445 e. The van der Waals surface area contributed by atoms with Crippen LogP contribution in [0.3, 0.4) is 0 Å². The second-order valence-corrected chi connectivity index (χ2v) is 14.8. The van der Waals surface area contributed by atoms with Crippen LogP contribution >= 0.6 is 0 Å². The number of H-pyrrole nitrogens is 2. The Hall–Kier alpha value is -4.60. The van der Waals surface area contributed by atoms with Gasteiger partial charge in [0.15, 0.2) is 0 Å². The topological polar surface area (TPSA) is 116 Å². The lowest BCUT2D eigenvalue weighted by Gasteiger charge is -2.28. The van der Waals surface area contributed by atoms with Crippen molar-refractivity contribution in [3.05, 3.63) is 95.3 Å². The third kappa shape index (κ3) is 7.53. The Kier molecular flexibility index (Phi) is 9.47. The summed E-state index contributed by atoms with van der Waals surface area (Å²) in [6.45, 7) is 7.35. The number of nitrogens with one attached hydrogen (secondary N) is 2. The zero-order valence-electron chi connectivity index (χ0n) is 28.9. The van der Waals surface area contributed by atoms with Crippen molar-refractivity contribution in [2.24, 2.45) is 0 Å². The fourth-order valence-corrected chi connectivity index (χ4v) is 7.71. The van der Waals surface area contributed by atoms with Crippen molar-refractivity contribution in [2.45, 2.75) is 108 Å². The zero-order valence-corrected chi connectivity index (χ0v) is 28.9. The quantitative estimate of drug-likeness (QED) is 0.204. The van der Waals surface area contributed by atoms with Gasteiger partial charge in [0, 0.05) is 37.0 Å². The molecule has 258 valence electrons. The molecule has 1 aliphatic carbocycles. The number of hydrogen-bond acceptors (Lipinski definition) is 6. The number of aromatic amines is 2. The van der Waals surface area contributed by atoms with Gasteiger partial charge in [-0.2, -0.15) is 0 Å². The van der Waals surface area contributed by atoms with E-state index in [9.17, 15) is 9.59 Å². The Morgan fingerprint density at radius 2 is 1.41 bits per heavy atom. The molecule has 49 heavy (non-hydrogen) atoms. The second-order valence-electron chi connectivity index (χ2n) is 14.8. The predicted octanol–water partition coefficient (Wildman–Crippen LogP) is 8.79. The molecule has 10 nitrogen and oxygen atoms in total. The molecule has 0 unspecified atom stereocenters. The van der Waals surface area contributed by atoms with E-state index >= 15 is 0 Å². The number of likely N-dealkylation sites (tertiary alicyclic amines) is 2. The predicted molar refractivity (Wildman–Crippen MR) is 187 cm³/mol. The zero-order chi connectivity index (χ0) is 34.0. The fraction of sp³-hybridized carbons (Fsp3) is 0.487. The van der Waals surface area contributed by atoms with E-state index in [-0.39, 0.29) is 30.9 Å². The highest BCUT2D eigenvalue weighted by molar-refractivity contribution is 5.69. The highest BCUT2D eigenvalue weighted by atomic mass is 16.6. The summed E-state index contributed by atoms with van der Waals surface area (Å²) in [7, 11) is 0. The van der Waals surface area contributed by atoms with Crippen LogP contribution in [0.1, 0.15) is 124 Å². The van der Waals surface area contributed by atoms with E-state index < -0.39 is 5.60 Å². The third-order valence-electron chi connectivity index (χ3n) is 10.2. The van der Waals surface area contributed by atoms with Crippen LogP contribution in [-0.2, 0) is 16.1 Å². The lowest BCUT2D eigenvalue weighted by molar-refractivity contribution is 0.0218. The summed E-state index contributed by atoms with van der Waals surface area (Å²) < 4.78 is 11.3. The molecule has 2 saturated heterocycles. The number of imidazole rings is 2. The van der Waals surface area contributed by atoms with Gasteiger partial charge in [-0.05, 0) is 89.2 Å². The van der Waals surface area contributed by atoms with E-state index in [1.54, 1.807) is 4.90 Å². The summed E-state index contributed by atoms with van der Waals surface area (Å²) in [5.74, 6) is 2.63. The standard InChI is InChI=1S/C39H48N6O4/c1-39(2,3)49-38(47)45-22-8-12-34(45)36-41-23-31(42-36)29-17-13-27(14-18-29)28-15-19-30(20-16-28)35-40-24-32(43-35)33-11-7-21-44(33)37(46)48-25-26-9-5-4-6-10-26/h4-6,9-10,15-16,19-20,23-24,27,29,33-34H,7-8,11-14,17-18,21-22,25H2,1-3H3,(H,40,43)(H,41,42)/t27-,29-,33-,34-/m1/s1. The number of aromatic nitrogens is 4. The number of rotatable bonds is 7. The third-order valence-corrected chi connectivity index (χ3v) is 10.2. The van der Waals surface area contributed by atoms with Crippen LogP contribution in [0.25, 0.3) is 11.4 Å². The maximum Gasteiger partial charge on any atom is 0.410 e. The molecule has 3 aliphatic rings. The Bertz CT molecular complexity index is 1720. The molecule has 2 amide bonds. The molecule has 10 heteroatoms. The molecule has 3 fully saturated rings. The van der Waals surface area contributed by atoms with Gasteiger partial charge in [0.25, 0.3) is 0 Å². The van der Waals surface area contributed by atoms with Crippen molar-refractivity contribution < 1.29 is 19.1 Å². The van der Waals surface area contributed by atoms with Crippen molar-refractivity contribution in [2.75, 3.05) is 13.1 Å². The van der Waals surface area contributed by atoms with Crippen molar-refractivity contribution in [3.8, 4) is 11.4 Å². The molecular formula is C39H48N6O4. The molecule has 1 saturated carbocycles. The number of carbonyl (C=O) groups excluding carboxylic acids is 2. The minimum atomic E-state index is -0.515. The average Bonchev–Trinajstić information content (AvgIpc) is 3.93. The number of hydrogen-bond donors (Lipinski definition) is 2. The van der Waals surface area contributed by atoms with Gasteiger partial charge in [-0.15, -0.1) is 0 Å². The molecule has 2 aliphatic heterocycles. The maximum absolute atomic E-state index is 12.9. The molecule has 7 rings (SSSR count). The van der Waals surface area contributed by atoms with Gasteiger partial charge in [-0.3, -0.25) is 9.80 Å². The lowest BCUT2D eigenvalue weighted by Crippen LogP contribution is -2.36. The van der Waals surface area contributed by atoms with Crippen molar-refractivity contribution in [1.82, 2.24) is 29.7 Å². The highest BCUT2D eigenvalue weighted by Gasteiger charge is 2.36. The van der Waals surface area contributed by atoms with E-state index in [0.29, 0.717) is 24.9 Å². The SMILES string of the molecule is CC(C)(C)OC(=O)N1CCC[C@@H]1c1nc([C@H]2CC[C@H](c3ccc(-c4nc([C@H]5CCCN5C(=O)OCc5ccccc5)c[nH]4)cc3)CC2)c[nH]1. The molecule has 2 N–H and O–H groups in total. The van der Waals surface area contributed by atoms with Gasteiger partial charge in [0.05, 0.1) is 23.5 Å². The normalized spacial score (nSPS) is 22.8. The smallest absolute Gasteiger partial charge is 0.410 e. The van der Waals surface area contributed by atoms with Crippen LogP contribution in [0.5, 0.6) is 0 Å². The number of nitrogens with zero attached hydrogens (tertiary/aromatic N) is 4. The first-order chi connectivity index (χ1) is 23.7. The summed E-state index contributed by atoms with van der Waals surface area (Å²) in [5, 5.41) is 0. The molecule has 4 heterocycles. The van der Waals surface area contributed by atoms with Crippen LogP contribution in [0, 0.1) is 0 Å². The summed E-state index contributed by atoms with van der Waals surface area (Å²) in [6.07, 6.45) is 11.5. The van der Waals surface area contributed by atoms with Crippen LogP contribution in [0.4, 0.5) is 9.59 Å². The monoisotopic (exact) mass is 664 g/mol. The first-order valence-electron chi connectivity index (χ1n) is 17.9. The van der Waals surface area contributed by atoms with Crippen LogP contribution in [0.15, 0.2) is 67.0 Å². The first-order valence-corrected chi connectivity index (χ1v) is 17.9. The van der Waals surface area contributed by atoms with Gasteiger partial charge < -0.3 is 19.4 Å². The molecule has 2 aromatic heterocycles. The molecule has 2 atom stereocenters. The Morgan fingerprint density at radius 3 is 2.12 bits per heavy atom. The van der Waals surface area contributed by atoms with E-state index in [2.05, 4.69) is 40.4 Å². The van der Waals surface area contributed by atoms with Crippen LogP contribution < -0.4 is 0 Å². The van der Waals surface area contributed by atoms with Crippen molar-refractivity contribution in [1.29, 1.82) is 0 Å². The number of amides is 2. The Balaban J connectivity index is 0.924. The van der Waals surface area contributed by atoms with E-state index in [1.807, 2.05) is 62.2 Å². The fourth-order valence-electron chi connectivity index (χ4n) is 7.71. The van der Waals surface area contributed by atoms with E-state index in [1.165, 1.54) is 5.56 Å². The molecule has 0 spiro atoms. The Morgan fingerprint density at radius 1 is 0.755 bits per heavy atom. The minimum absolute atomic E-state index is 0.0535. The van der Waals surface area contributed by atoms with E-state index in [0.717, 1.165) is 85.5 Å². The number of benzene rings is 2. The van der Waals surface area contributed by atoms with Gasteiger partial charge >= 0.3 is 12.2 Å². The summed E-state index contributed by atoms with van der Waals surface area (Å²) in [6, 6.07) is 18.4. The molecule has 4 aromatic rings. The van der Waals surface area contributed by atoms with Gasteiger partial charge in [0.2, 0.25) is 0 Å². The van der Waals surface area contributed by atoms with Gasteiger partial charge in [-0.1, -0.05) is 54.6 Å². The van der Waals surface area contributed by atoms with E-state index in [4.69, 9.17) is 19.4 Å². The van der Waals surface area contributed by atoms with Crippen LogP contribution in [0.2, 0.25) is 0 Å². The minimum Gasteiger partial charge on any atom is -0.445 e. The lowest BCUT2D eigenvalue weighted by atomic mass is 9.77. The second kappa shape index (κ2) is 14.1. The summed E-state index contributed by atoms with van der Waals surface area (Å²) in [5.41, 5.74) is 4.84. The van der Waals surface area contributed by atoms with Gasteiger partial charge in [-0.25, -0.2) is 19.6 Å². The average molecular weight is 665 g/mol. The molecule has 2 aromatic carbocycles. The number of carbonyl (C=O) groups is 2. The number of ether oxygens (including phenoxy) is 2. The van der Waals surface area contributed by atoms with Gasteiger partial charge in [0.1, 0.15) is 23.9 Å². The van der Waals surface area contributed by atoms with Crippen molar-refractivity contribution in [3.63, 3.8) is 0 Å². The van der Waals surface area contributed by atoms with Crippen LogP contribution in [-0.4, -0.2) is 60.6 Å². The maximum atomic E-state index is 12.9. The highest BCUT2D eigenvalue weighted by Crippen LogP contribution is 2.41. The van der Waals surface area contributed by atoms with Crippen molar-refractivity contribution >= 4 is 12.2 Å². The summed E-state index contributed by atoms with van der Waals surface area (Å²) >= 11 is 0. The first kappa shape index (κ1) is 32.9. The molecule has 0 radical (unpaired) electrons. The summed E-state index contributed by atoms with van der Waals surface area (Å²) in [4.78, 5) is 46.1. The molecule has 0 bridgehead atoms. The molecular weight excluding hydrogens is 616 g/mol. The Labute approximate surface area is 288 Å².